The van der Waals surface area contributed by atoms with Crippen molar-refractivity contribution in [2.75, 3.05) is 0 Å². The van der Waals surface area contributed by atoms with E-state index in [2.05, 4.69) is 24.9 Å². The topological polar surface area (TPSA) is 42.4 Å². The van der Waals surface area contributed by atoms with E-state index < -0.39 is 0 Å². The summed E-state index contributed by atoms with van der Waals surface area (Å²) >= 11 is 0. The number of rotatable bonds is 4. The zero-order valence-electron chi connectivity index (χ0n) is 12.5. The smallest absolute Gasteiger partial charge is 0.219 e. The van der Waals surface area contributed by atoms with Gasteiger partial charge in [-0.25, -0.2) is 4.98 Å². The highest BCUT2D eigenvalue weighted by Gasteiger charge is 2.08. The molecule has 0 aliphatic heterocycles. The van der Waals surface area contributed by atoms with E-state index in [1.807, 2.05) is 32.0 Å². The van der Waals surface area contributed by atoms with Gasteiger partial charge in [0.05, 0.1) is 6.61 Å². The quantitative estimate of drug-likeness (QED) is 0.910. The van der Waals surface area contributed by atoms with E-state index in [1.54, 1.807) is 6.07 Å². The second kappa shape index (κ2) is 6.06. The summed E-state index contributed by atoms with van der Waals surface area (Å²) in [6.45, 7) is 8.22. The summed E-state index contributed by atoms with van der Waals surface area (Å²) in [6.07, 6.45) is 0. The first-order chi connectivity index (χ1) is 9.47. The number of hydrogen-bond donors (Lipinski definition) is 1. The zero-order chi connectivity index (χ0) is 14.7. The number of ether oxygens (including phenoxy) is 1. The lowest BCUT2D eigenvalue weighted by Gasteiger charge is -2.12. The third kappa shape index (κ3) is 3.58. The van der Waals surface area contributed by atoms with Crippen LogP contribution in [0.1, 0.15) is 42.1 Å². The molecule has 1 N–H and O–H groups in total. The molecule has 0 aliphatic carbocycles. The Labute approximate surface area is 120 Å². The Morgan fingerprint density at radius 1 is 1.05 bits per heavy atom. The van der Waals surface area contributed by atoms with Gasteiger partial charge in [0.15, 0.2) is 0 Å². The molecule has 3 nitrogen and oxygen atoms in total. The van der Waals surface area contributed by atoms with Crippen molar-refractivity contribution in [1.82, 2.24) is 4.98 Å². The molecule has 0 aliphatic rings. The number of aliphatic hydroxyl groups is 1. The molecule has 106 valence electrons. The normalized spacial score (nSPS) is 10.9. The van der Waals surface area contributed by atoms with Crippen LogP contribution in [-0.4, -0.2) is 10.1 Å². The Hall–Kier alpha value is -1.87. The largest absolute Gasteiger partial charge is 0.439 e. The fourth-order valence-electron chi connectivity index (χ4n) is 2.13. The first kappa shape index (κ1) is 14.5. The van der Waals surface area contributed by atoms with E-state index in [1.165, 1.54) is 0 Å². The van der Waals surface area contributed by atoms with Gasteiger partial charge >= 0.3 is 0 Å². The Kier molecular flexibility index (Phi) is 4.40. The predicted molar refractivity (Wildman–Crippen MR) is 80.2 cm³/mol. The minimum Gasteiger partial charge on any atom is -0.439 e. The van der Waals surface area contributed by atoms with Crippen LogP contribution < -0.4 is 4.74 Å². The highest BCUT2D eigenvalue weighted by Crippen LogP contribution is 2.25. The fourth-order valence-corrected chi connectivity index (χ4v) is 2.13. The predicted octanol–water partition coefficient (Wildman–Crippen LogP) is 4.11. The van der Waals surface area contributed by atoms with Gasteiger partial charge in [-0.15, -0.1) is 0 Å². The lowest BCUT2D eigenvalue weighted by molar-refractivity contribution is 0.280. The molecule has 0 radical (unpaired) electrons. The zero-order valence-corrected chi connectivity index (χ0v) is 12.5. The van der Waals surface area contributed by atoms with Crippen molar-refractivity contribution in [1.29, 1.82) is 0 Å². The molecule has 0 fully saturated rings. The number of aliphatic hydroxyl groups excluding tert-OH is 1. The summed E-state index contributed by atoms with van der Waals surface area (Å²) in [7, 11) is 0. The molecule has 0 saturated carbocycles. The molecular formula is C17H21NO2. The molecule has 1 aromatic heterocycles. The molecule has 3 heteroatoms. The van der Waals surface area contributed by atoms with Gasteiger partial charge in [0.2, 0.25) is 5.88 Å². The van der Waals surface area contributed by atoms with Gasteiger partial charge in [-0.05, 0) is 54.7 Å². The van der Waals surface area contributed by atoms with Crippen LogP contribution in [0.2, 0.25) is 0 Å². The van der Waals surface area contributed by atoms with Gasteiger partial charge < -0.3 is 9.84 Å². The van der Waals surface area contributed by atoms with Crippen molar-refractivity contribution in [3.8, 4) is 11.6 Å². The van der Waals surface area contributed by atoms with E-state index in [-0.39, 0.29) is 6.61 Å². The van der Waals surface area contributed by atoms with Crippen LogP contribution >= 0.6 is 0 Å². The van der Waals surface area contributed by atoms with Crippen molar-refractivity contribution < 1.29 is 9.84 Å². The van der Waals surface area contributed by atoms with Crippen molar-refractivity contribution in [3.05, 3.63) is 52.7 Å². The maximum atomic E-state index is 9.34. The first-order valence-corrected chi connectivity index (χ1v) is 6.86. The third-order valence-electron chi connectivity index (χ3n) is 3.07. The average molecular weight is 271 g/mol. The summed E-state index contributed by atoms with van der Waals surface area (Å²) in [6, 6.07) is 9.76. The van der Waals surface area contributed by atoms with Crippen LogP contribution in [0.25, 0.3) is 0 Å². The van der Waals surface area contributed by atoms with Gasteiger partial charge in [-0.1, -0.05) is 19.9 Å². The van der Waals surface area contributed by atoms with E-state index in [0.717, 1.165) is 28.1 Å². The van der Waals surface area contributed by atoms with Crippen LogP contribution in [0.4, 0.5) is 0 Å². The maximum Gasteiger partial charge on any atom is 0.219 e. The van der Waals surface area contributed by atoms with Gasteiger partial charge in [-0.3, -0.25) is 0 Å². The van der Waals surface area contributed by atoms with Crippen LogP contribution in [0.15, 0.2) is 30.3 Å². The van der Waals surface area contributed by atoms with Crippen molar-refractivity contribution in [2.45, 2.75) is 40.2 Å². The molecule has 0 atom stereocenters. The van der Waals surface area contributed by atoms with E-state index in [9.17, 15) is 5.11 Å². The Morgan fingerprint density at radius 3 is 2.25 bits per heavy atom. The molecule has 0 saturated heterocycles. The monoisotopic (exact) mass is 271 g/mol. The molecular weight excluding hydrogens is 250 g/mol. The number of aromatic nitrogens is 1. The molecule has 20 heavy (non-hydrogen) atoms. The van der Waals surface area contributed by atoms with Crippen molar-refractivity contribution in [2.24, 2.45) is 0 Å². The summed E-state index contributed by atoms with van der Waals surface area (Å²) in [5.74, 6) is 1.60. The van der Waals surface area contributed by atoms with E-state index >= 15 is 0 Å². The molecule has 0 bridgehead atoms. The lowest BCUT2D eigenvalue weighted by Crippen LogP contribution is -1.99. The van der Waals surface area contributed by atoms with E-state index in [4.69, 9.17) is 4.74 Å². The molecule has 0 amide bonds. The Balaban J connectivity index is 2.34. The summed E-state index contributed by atoms with van der Waals surface area (Å²) in [5, 5.41) is 9.34. The molecule has 0 spiro atoms. The second-order valence-electron chi connectivity index (χ2n) is 5.48. The average Bonchev–Trinajstić information content (AvgIpc) is 2.36. The SMILES string of the molecule is Cc1cc(C)cc(Oc2cc(CO)cc(C(C)C)n2)c1. The lowest BCUT2D eigenvalue weighted by atomic mass is 10.1. The number of hydrogen-bond acceptors (Lipinski definition) is 3. The van der Waals surface area contributed by atoms with Gasteiger partial charge in [-0.2, -0.15) is 0 Å². The number of benzene rings is 1. The minimum absolute atomic E-state index is 0.00849. The second-order valence-corrected chi connectivity index (χ2v) is 5.48. The minimum atomic E-state index is -0.00849. The molecule has 1 aromatic carbocycles. The van der Waals surface area contributed by atoms with E-state index in [0.29, 0.717) is 11.8 Å². The Morgan fingerprint density at radius 2 is 1.70 bits per heavy atom. The highest BCUT2D eigenvalue weighted by atomic mass is 16.5. The highest BCUT2D eigenvalue weighted by molar-refractivity contribution is 5.36. The standard InChI is InChI=1S/C17H21NO2/c1-11(2)16-8-14(10-19)9-17(18-16)20-15-6-12(3)5-13(4)7-15/h5-9,11,19H,10H2,1-4H3. The van der Waals surface area contributed by atoms with Gasteiger partial charge in [0.25, 0.3) is 0 Å². The molecule has 2 aromatic rings. The summed E-state index contributed by atoms with van der Waals surface area (Å²) in [4.78, 5) is 4.50. The number of pyridine rings is 1. The molecule has 0 unspecified atom stereocenters. The number of aryl methyl sites for hydroxylation is 2. The van der Waals surface area contributed by atoms with Gasteiger partial charge in [0.1, 0.15) is 5.75 Å². The molecule has 1 heterocycles. The summed E-state index contributed by atoms with van der Waals surface area (Å²) < 4.78 is 5.85. The van der Waals surface area contributed by atoms with Crippen molar-refractivity contribution in [3.63, 3.8) is 0 Å². The van der Waals surface area contributed by atoms with Crippen LogP contribution in [0.3, 0.4) is 0 Å². The number of nitrogens with zero attached hydrogens (tertiary/aromatic N) is 1. The van der Waals surface area contributed by atoms with Gasteiger partial charge in [0, 0.05) is 11.8 Å². The summed E-state index contributed by atoms with van der Waals surface area (Å²) in [5.41, 5.74) is 4.06. The Bertz CT molecular complexity index is 586. The van der Waals surface area contributed by atoms with Crippen molar-refractivity contribution >= 4 is 0 Å². The fraction of sp³-hybridized carbons (Fsp3) is 0.353. The maximum absolute atomic E-state index is 9.34. The third-order valence-corrected chi connectivity index (χ3v) is 3.07. The van der Waals surface area contributed by atoms with Crippen LogP contribution in [-0.2, 0) is 6.61 Å². The van der Waals surface area contributed by atoms with Crippen LogP contribution in [0.5, 0.6) is 11.6 Å². The molecule has 2 rings (SSSR count). The van der Waals surface area contributed by atoms with Crippen LogP contribution in [0, 0.1) is 13.8 Å². The first-order valence-electron chi connectivity index (χ1n) is 6.86.